The molecule has 22 heavy (non-hydrogen) atoms. The van der Waals surface area contributed by atoms with Gasteiger partial charge in [-0.3, -0.25) is 4.21 Å². The van der Waals surface area contributed by atoms with Crippen molar-refractivity contribution in [2.45, 2.75) is 28.7 Å². The van der Waals surface area contributed by atoms with Crippen LogP contribution in [0, 0.1) is 18.3 Å². The van der Waals surface area contributed by atoms with Crippen LogP contribution in [0.4, 0.5) is 0 Å². The Hall–Kier alpha value is -1.57. The molecule has 0 saturated heterocycles. The number of benzene rings is 2. The van der Waals surface area contributed by atoms with Crippen LogP contribution in [0.15, 0.2) is 59.5 Å². The zero-order chi connectivity index (χ0) is 16.0. The maximum Gasteiger partial charge on any atom is 0.121 e. The normalized spacial score (nSPS) is 14.8. The highest BCUT2D eigenvalue weighted by Crippen LogP contribution is 2.47. The zero-order valence-corrected chi connectivity index (χ0v) is 14.4. The third kappa shape index (κ3) is 3.79. The molecule has 0 aliphatic heterocycles. The first-order valence-electron chi connectivity index (χ1n) is 7.10. The van der Waals surface area contributed by atoms with Crippen LogP contribution < -0.4 is 0 Å². The minimum Gasteiger partial charge on any atom is -0.258 e. The van der Waals surface area contributed by atoms with Crippen molar-refractivity contribution in [3.63, 3.8) is 0 Å². The summed E-state index contributed by atoms with van der Waals surface area (Å²) in [7, 11) is -1.11. The molecule has 0 amide bonds. The van der Waals surface area contributed by atoms with Crippen LogP contribution >= 0.6 is 11.8 Å². The predicted molar refractivity (Wildman–Crippen MR) is 94.1 cm³/mol. The Labute approximate surface area is 139 Å². The van der Waals surface area contributed by atoms with Crippen LogP contribution in [0.1, 0.15) is 24.0 Å². The summed E-state index contributed by atoms with van der Waals surface area (Å²) in [6.45, 7) is 2.04. The lowest BCUT2D eigenvalue weighted by molar-refractivity contribution is 0.657. The highest BCUT2D eigenvalue weighted by Gasteiger charge is 2.37. The fourth-order valence-corrected chi connectivity index (χ4v) is 5.08. The zero-order valence-electron chi connectivity index (χ0n) is 12.8. The first-order valence-corrected chi connectivity index (χ1v) is 9.47. The molecule has 0 bridgehead atoms. The number of hydrogen-bond acceptors (Lipinski definition) is 3. The third-order valence-corrected chi connectivity index (χ3v) is 7.15. The molecule has 2 nitrogen and oxygen atoms in total. The molecule has 2 atom stereocenters. The molecular weight excluding hydrogens is 310 g/mol. The maximum absolute atomic E-state index is 12.6. The van der Waals surface area contributed by atoms with Gasteiger partial charge in [0.05, 0.1) is 6.07 Å². The molecule has 2 aromatic carbocycles. The van der Waals surface area contributed by atoms with Crippen LogP contribution in [-0.4, -0.2) is 10.5 Å². The summed E-state index contributed by atoms with van der Waals surface area (Å²) < 4.78 is 12.0. The Balaban J connectivity index is 2.48. The molecule has 0 radical (unpaired) electrons. The number of aryl methyl sites for hydroxylation is 1. The highest BCUT2D eigenvalue weighted by molar-refractivity contribution is 8.11. The van der Waals surface area contributed by atoms with Crippen molar-refractivity contribution >= 4 is 22.6 Å². The van der Waals surface area contributed by atoms with Crippen LogP contribution in [0.3, 0.4) is 0 Å². The third-order valence-electron chi connectivity index (χ3n) is 3.55. The number of hydrogen-bond donors (Lipinski definition) is 0. The van der Waals surface area contributed by atoms with Crippen molar-refractivity contribution in [3.05, 3.63) is 65.7 Å². The van der Waals surface area contributed by atoms with Gasteiger partial charge >= 0.3 is 0 Å². The molecular formula is C18H19NOS2. The van der Waals surface area contributed by atoms with E-state index in [1.807, 2.05) is 61.5 Å². The van der Waals surface area contributed by atoms with Crippen molar-refractivity contribution in [2.24, 2.45) is 0 Å². The predicted octanol–water partition coefficient (Wildman–Crippen LogP) is 4.62. The molecule has 0 N–H and O–H groups in total. The Morgan fingerprint density at radius 3 is 2.32 bits per heavy atom. The van der Waals surface area contributed by atoms with Gasteiger partial charge in [0.25, 0.3) is 0 Å². The fraction of sp³-hybridized carbons (Fsp3) is 0.278. The molecule has 0 saturated carbocycles. The monoisotopic (exact) mass is 329 g/mol. The lowest BCUT2D eigenvalue weighted by atomic mass is 10.1. The minimum absolute atomic E-state index is 0.382. The average molecular weight is 329 g/mol. The Bertz CT molecular complexity index is 676. The van der Waals surface area contributed by atoms with Crippen LogP contribution in [-0.2, 0) is 14.9 Å². The molecule has 2 rings (SSSR count). The van der Waals surface area contributed by atoms with Crippen molar-refractivity contribution in [2.75, 3.05) is 6.26 Å². The first-order chi connectivity index (χ1) is 10.6. The van der Waals surface area contributed by atoms with Gasteiger partial charge in [-0.2, -0.15) is 5.26 Å². The molecule has 114 valence electrons. The summed E-state index contributed by atoms with van der Waals surface area (Å²) in [5, 5.41) is 9.01. The topological polar surface area (TPSA) is 40.9 Å². The van der Waals surface area contributed by atoms with Crippen molar-refractivity contribution in [1.82, 2.24) is 0 Å². The van der Waals surface area contributed by atoms with Crippen molar-refractivity contribution < 1.29 is 4.21 Å². The van der Waals surface area contributed by atoms with Gasteiger partial charge in [0.15, 0.2) is 0 Å². The largest absolute Gasteiger partial charge is 0.258 e. The number of rotatable bonds is 6. The Kier molecular flexibility index (Phi) is 5.82. The summed E-state index contributed by atoms with van der Waals surface area (Å²) in [6.07, 6.45) is 2.68. The molecule has 0 aromatic heterocycles. The second kappa shape index (κ2) is 7.62. The summed E-state index contributed by atoms with van der Waals surface area (Å²) >= 11 is 1.59. The van der Waals surface area contributed by atoms with Gasteiger partial charge in [-0.05, 0) is 31.0 Å². The van der Waals surface area contributed by atoms with Gasteiger partial charge in [-0.1, -0.05) is 48.0 Å². The Morgan fingerprint density at radius 2 is 1.77 bits per heavy atom. The minimum atomic E-state index is -1.11. The SMILES string of the molecule is Cc1ccc(C(CCC#N)(Sc2ccccc2)S(C)=O)cc1. The lowest BCUT2D eigenvalue weighted by Gasteiger charge is -2.31. The lowest BCUT2D eigenvalue weighted by Crippen LogP contribution is -2.27. The van der Waals surface area contributed by atoms with Gasteiger partial charge < -0.3 is 0 Å². The summed E-state index contributed by atoms with van der Waals surface area (Å²) in [4.78, 5) is 1.07. The molecule has 0 heterocycles. The molecule has 0 fully saturated rings. The van der Waals surface area contributed by atoms with E-state index in [0.29, 0.717) is 12.8 Å². The second-order valence-corrected chi connectivity index (χ2v) is 8.38. The van der Waals surface area contributed by atoms with Crippen molar-refractivity contribution in [3.8, 4) is 6.07 Å². The van der Waals surface area contributed by atoms with Gasteiger partial charge in [-0.25, -0.2) is 0 Å². The highest BCUT2D eigenvalue weighted by atomic mass is 32.2. The van der Waals surface area contributed by atoms with E-state index in [4.69, 9.17) is 5.26 Å². The van der Waals surface area contributed by atoms with Gasteiger partial charge in [0.1, 0.15) is 4.08 Å². The summed E-state index contributed by atoms with van der Waals surface area (Å²) in [5.74, 6) is 0. The molecule has 0 spiro atoms. The van der Waals surface area contributed by atoms with Crippen molar-refractivity contribution in [1.29, 1.82) is 5.26 Å². The Morgan fingerprint density at radius 1 is 1.14 bits per heavy atom. The number of nitriles is 1. The number of thioether (sulfide) groups is 1. The maximum atomic E-state index is 12.6. The van der Waals surface area contributed by atoms with Gasteiger partial charge in [-0.15, -0.1) is 11.8 Å². The van der Waals surface area contributed by atoms with Crippen LogP contribution in [0.5, 0.6) is 0 Å². The smallest absolute Gasteiger partial charge is 0.121 e. The first kappa shape index (κ1) is 16.8. The molecule has 0 aliphatic rings. The fourth-order valence-electron chi connectivity index (χ4n) is 2.33. The van der Waals surface area contributed by atoms with E-state index in [1.165, 1.54) is 5.56 Å². The number of nitrogens with zero attached hydrogens (tertiary/aromatic N) is 1. The van der Waals surface area contributed by atoms with Gasteiger partial charge in [0, 0.05) is 28.4 Å². The van der Waals surface area contributed by atoms with Crippen LogP contribution in [0.25, 0.3) is 0 Å². The summed E-state index contributed by atoms with van der Waals surface area (Å²) in [5.41, 5.74) is 2.19. The second-order valence-electron chi connectivity index (χ2n) is 5.15. The van der Waals surface area contributed by atoms with Gasteiger partial charge in [0.2, 0.25) is 0 Å². The molecule has 4 heteroatoms. The van der Waals surface area contributed by atoms with E-state index in [2.05, 4.69) is 6.07 Å². The van der Waals surface area contributed by atoms with E-state index >= 15 is 0 Å². The average Bonchev–Trinajstić information content (AvgIpc) is 2.53. The van der Waals surface area contributed by atoms with E-state index in [1.54, 1.807) is 18.0 Å². The standard InChI is InChI=1S/C18H19NOS2/c1-15-9-11-16(12-10-15)18(22(2)20,13-6-14-19)21-17-7-4-3-5-8-17/h3-5,7-12H,6,13H2,1-2H3. The quantitative estimate of drug-likeness (QED) is 0.726. The molecule has 2 aromatic rings. The van der Waals surface area contributed by atoms with E-state index in [9.17, 15) is 4.21 Å². The van der Waals surface area contributed by atoms with E-state index < -0.39 is 14.9 Å². The summed E-state index contributed by atoms with van der Waals surface area (Å²) in [6, 6.07) is 20.3. The molecule has 2 unspecified atom stereocenters. The van der Waals surface area contributed by atoms with E-state index in [0.717, 1.165) is 10.5 Å². The molecule has 0 aliphatic carbocycles. The van der Waals surface area contributed by atoms with E-state index in [-0.39, 0.29) is 0 Å². The van der Waals surface area contributed by atoms with Crippen LogP contribution in [0.2, 0.25) is 0 Å².